The van der Waals surface area contributed by atoms with Gasteiger partial charge < -0.3 is 14.6 Å². The van der Waals surface area contributed by atoms with Crippen molar-refractivity contribution < 1.29 is 26.7 Å². The maximum absolute atomic E-state index is 13.9. The number of nitrogens with zero attached hydrogens (tertiary/aromatic N) is 1. The molecular formula is C16H17F2N3O4S. The van der Waals surface area contributed by atoms with Crippen LogP contribution in [0, 0.1) is 11.6 Å². The van der Waals surface area contributed by atoms with Crippen molar-refractivity contribution in [2.24, 2.45) is 0 Å². The molecule has 1 atom stereocenters. The Morgan fingerprint density at radius 1 is 1.35 bits per heavy atom. The van der Waals surface area contributed by atoms with Crippen LogP contribution in [0.2, 0.25) is 0 Å². The molecule has 1 aromatic heterocycles. The normalized spacial score (nSPS) is 17.5. The average Bonchev–Trinajstić information content (AvgIpc) is 3.24. The van der Waals surface area contributed by atoms with E-state index in [1.165, 1.54) is 24.3 Å². The molecule has 7 nitrogen and oxygen atoms in total. The molecular weight excluding hydrogens is 368 g/mol. The van der Waals surface area contributed by atoms with Crippen molar-refractivity contribution in [3.63, 3.8) is 0 Å². The zero-order valence-corrected chi connectivity index (χ0v) is 14.6. The SMILES string of the molecule is COC(=O)c1cc(S(=O)(=O)NC2CCN(c3c(F)cccc3F)C2)c[nH]1. The number of H-pyrrole nitrogens is 1. The molecule has 0 saturated carbocycles. The second-order valence-corrected chi connectivity index (χ2v) is 7.58. The molecule has 0 amide bonds. The molecule has 26 heavy (non-hydrogen) atoms. The van der Waals surface area contributed by atoms with Gasteiger partial charge in [-0.25, -0.2) is 26.7 Å². The third kappa shape index (κ3) is 3.56. The topological polar surface area (TPSA) is 91.5 Å². The largest absolute Gasteiger partial charge is 0.464 e. The van der Waals surface area contributed by atoms with Gasteiger partial charge in [0.2, 0.25) is 10.0 Å². The van der Waals surface area contributed by atoms with E-state index < -0.39 is 33.7 Å². The number of nitrogens with one attached hydrogen (secondary N) is 2. The first-order valence-electron chi connectivity index (χ1n) is 7.80. The molecule has 0 radical (unpaired) electrons. The smallest absolute Gasteiger partial charge is 0.354 e. The van der Waals surface area contributed by atoms with Crippen LogP contribution >= 0.6 is 0 Å². The highest BCUT2D eigenvalue weighted by atomic mass is 32.2. The van der Waals surface area contributed by atoms with Gasteiger partial charge in [0.1, 0.15) is 27.9 Å². The summed E-state index contributed by atoms with van der Waals surface area (Å²) in [4.78, 5) is 15.3. The van der Waals surface area contributed by atoms with Crippen LogP contribution < -0.4 is 9.62 Å². The van der Waals surface area contributed by atoms with Gasteiger partial charge in [0.15, 0.2) is 0 Å². The van der Waals surface area contributed by atoms with Crippen LogP contribution in [-0.4, -0.2) is 45.6 Å². The molecule has 10 heteroatoms. The maximum atomic E-state index is 13.9. The van der Waals surface area contributed by atoms with Crippen LogP contribution in [0.1, 0.15) is 16.9 Å². The molecule has 0 aliphatic carbocycles. The van der Waals surface area contributed by atoms with Crippen molar-refractivity contribution in [2.75, 3.05) is 25.1 Å². The predicted octanol–water partition coefficient (Wildman–Crippen LogP) is 1.64. The summed E-state index contributed by atoms with van der Waals surface area (Å²) >= 11 is 0. The van der Waals surface area contributed by atoms with Crippen LogP contribution in [0.15, 0.2) is 35.4 Å². The summed E-state index contributed by atoms with van der Waals surface area (Å²) in [6, 6.07) is 4.23. The van der Waals surface area contributed by atoms with Crippen molar-refractivity contribution in [1.82, 2.24) is 9.71 Å². The fourth-order valence-electron chi connectivity index (χ4n) is 2.90. The van der Waals surface area contributed by atoms with E-state index >= 15 is 0 Å². The number of anilines is 1. The van der Waals surface area contributed by atoms with Crippen molar-refractivity contribution in [3.05, 3.63) is 47.8 Å². The molecule has 1 aromatic carbocycles. The Morgan fingerprint density at radius 2 is 2.04 bits per heavy atom. The highest BCUT2D eigenvalue weighted by Gasteiger charge is 2.30. The van der Waals surface area contributed by atoms with E-state index in [1.54, 1.807) is 0 Å². The molecule has 1 unspecified atom stereocenters. The first-order valence-corrected chi connectivity index (χ1v) is 9.28. The molecule has 0 spiro atoms. The Bertz CT molecular complexity index is 909. The quantitative estimate of drug-likeness (QED) is 0.764. The number of para-hydroxylation sites is 1. The Balaban J connectivity index is 1.72. The standard InChI is InChI=1S/C16H17F2N3O4S/c1-25-16(22)14-7-11(8-19-14)26(23,24)20-10-5-6-21(9-10)15-12(17)3-2-4-13(15)18/h2-4,7-8,10,19-20H,5-6,9H2,1H3. The van der Waals surface area contributed by atoms with Crippen LogP contribution in [0.5, 0.6) is 0 Å². The number of aromatic nitrogens is 1. The van der Waals surface area contributed by atoms with Gasteiger partial charge in [-0.1, -0.05) is 6.07 Å². The average molecular weight is 385 g/mol. The number of benzene rings is 1. The van der Waals surface area contributed by atoms with Crippen molar-refractivity contribution in [1.29, 1.82) is 0 Å². The second kappa shape index (κ2) is 7.04. The second-order valence-electron chi connectivity index (χ2n) is 5.86. The van der Waals surface area contributed by atoms with Gasteiger partial charge in [-0.05, 0) is 24.6 Å². The number of methoxy groups -OCH3 is 1. The van der Waals surface area contributed by atoms with Gasteiger partial charge in [0.05, 0.1) is 7.11 Å². The molecule has 1 fully saturated rings. The number of rotatable bonds is 5. The molecule has 1 aliphatic rings. The Morgan fingerprint density at radius 3 is 2.69 bits per heavy atom. The van der Waals surface area contributed by atoms with Crippen LogP contribution in [0.3, 0.4) is 0 Å². The molecule has 0 bridgehead atoms. The number of hydrogen-bond donors (Lipinski definition) is 2. The Labute approximate surface area is 149 Å². The number of ether oxygens (including phenoxy) is 1. The van der Waals surface area contributed by atoms with Gasteiger partial charge in [-0.3, -0.25) is 0 Å². The van der Waals surface area contributed by atoms with Crippen LogP contribution in [0.4, 0.5) is 14.5 Å². The van der Waals surface area contributed by atoms with Gasteiger partial charge in [-0.2, -0.15) is 0 Å². The van der Waals surface area contributed by atoms with Gasteiger partial charge in [0.25, 0.3) is 0 Å². The number of hydrogen-bond acceptors (Lipinski definition) is 5. The summed E-state index contributed by atoms with van der Waals surface area (Å²) < 4.78 is 59.6. The summed E-state index contributed by atoms with van der Waals surface area (Å²) in [5, 5.41) is 0. The number of carbonyl (C=O) groups excluding carboxylic acids is 1. The van der Waals surface area contributed by atoms with Crippen LogP contribution in [-0.2, 0) is 14.8 Å². The molecule has 1 saturated heterocycles. The number of halogens is 2. The number of esters is 1. The summed E-state index contributed by atoms with van der Waals surface area (Å²) in [5.74, 6) is -2.07. The molecule has 2 aromatic rings. The maximum Gasteiger partial charge on any atom is 0.354 e. The van der Waals surface area contributed by atoms with Crippen LogP contribution in [0.25, 0.3) is 0 Å². The van der Waals surface area contributed by atoms with Gasteiger partial charge in [-0.15, -0.1) is 0 Å². The number of aromatic amines is 1. The minimum atomic E-state index is -3.89. The van der Waals surface area contributed by atoms with E-state index in [-0.39, 0.29) is 22.8 Å². The first-order chi connectivity index (χ1) is 12.3. The molecule has 2 heterocycles. The minimum absolute atomic E-state index is 0.00866. The minimum Gasteiger partial charge on any atom is -0.464 e. The zero-order chi connectivity index (χ0) is 18.9. The highest BCUT2D eigenvalue weighted by molar-refractivity contribution is 7.89. The van der Waals surface area contributed by atoms with E-state index in [0.717, 1.165) is 18.2 Å². The summed E-state index contributed by atoms with van der Waals surface area (Å²) in [7, 11) is -2.71. The fraction of sp³-hybridized carbons (Fsp3) is 0.312. The van der Waals surface area contributed by atoms with Gasteiger partial charge in [0, 0.05) is 25.3 Å². The lowest BCUT2D eigenvalue weighted by Crippen LogP contribution is -2.37. The molecule has 3 rings (SSSR count). The lowest BCUT2D eigenvalue weighted by atomic mass is 10.2. The molecule has 1 aliphatic heterocycles. The third-order valence-corrected chi connectivity index (χ3v) is 5.64. The zero-order valence-electron chi connectivity index (χ0n) is 13.8. The monoisotopic (exact) mass is 385 g/mol. The highest BCUT2D eigenvalue weighted by Crippen LogP contribution is 2.27. The summed E-state index contributed by atoms with van der Waals surface area (Å²) in [5.41, 5.74) is -0.154. The predicted molar refractivity (Wildman–Crippen MR) is 89.4 cm³/mol. The van der Waals surface area contributed by atoms with Crippen molar-refractivity contribution in [3.8, 4) is 0 Å². The third-order valence-electron chi connectivity index (χ3n) is 4.14. The fourth-order valence-corrected chi connectivity index (χ4v) is 4.15. The van der Waals surface area contributed by atoms with Gasteiger partial charge >= 0.3 is 5.97 Å². The number of carbonyl (C=O) groups is 1. The van der Waals surface area contributed by atoms with Crippen molar-refractivity contribution in [2.45, 2.75) is 17.4 Å². The Kier molecular flexibility index (Phi) is 4.97. The molecule has 2 N–H and O–H groups in total. The van der Waals surface area contributed by atoms with E-state index in [0.29, 0.717) is 13.0 Å². The lowest BCUT2D eigenvalue weighted by molar-refractivity contribution is 0.0594. The first kappa shape index (κ1) is 18.3. The number of sulfonamides is 1. The van der Waals surface area contributed by atoms with E-state index in [9.17, 15) is 22.0 Å². The summed E-state index contributed by atoms with van der Waals surface area (Å²) in [6.45, 7) is 0.441. The van der Waals surface area contributed by atoms with Crippen molar-refractivity contribution >= 4 is 21.7 Å². The van der Waals surface area contributed by atoms with E-state index in [2.05, 4.69) is 14.4 Å². The summed E-state index contributed by atoms with van der Waals surface area (Å²) in [6.07, 6.45) is 1.57. The Hall–Kier alpha value is -2.46. The molecule has 140 valence electrons. The van der Waals surface area contributed by atoms with E-state index in [1.807, 2.05) is 0 Å². The van der Waals surface area contributed by atoms with E-state index in [4.69, 9.17) is 0 Å². The lowest BCUT2D eigenvalue weighted by Gasteiger charge is -2.20.